The molecule has 3 rings (SSSR count). The van der Waals surface area contributed by atoms with Crippen LogP contribution in [0.15, 0.2) is 42.5 Å². The fourth-order valence-corrected chi connectivity index (χ4v) is 3.54. The highest BCUT2D eigenvalue weighted by molar-refractivity contribution is 5.93. The highest BCUT2D eigenvalue weighted by Crippen LogP contribution is 2.36. The zero-order chi connectivity index (χ0) is 23.1. The average molecular weight is 443 g/mol. The fourth-order valence-electron chi connectivity index (χ4n) is 3.54. The Hall–Kier alpha value is -3.82. The standard InChI is InChI=1S/C22H25N3O7/c1-30-19-11-17(21(26)31-2)10-18(25(28)29)20(19)23-12-16-8-9-24(13-16)22(27)32-14-15-6-4-3-5-7-15/h3-7,10-11,16,23H,8-9,12-14H2,1-2H3. The van der Waals surface area contributed by atoms with Gasteiger partial charge >= 0.3 is 12.1 Å². The summed E-state index contributed by atoms with van der Waals surface area (Å²) in [5.41, 5.74) is 0.819. The number of carbonyl (C=O) groups is 2. The lowest BCUT2D eigenvalue weighted by Gasteiger charge is -2.18. The SMILES string of the molecule is COC(=O)c1cc(OC)c(NCC2CCN(C(=O)OCc3ccccc3)C2)c([N+](=O)[O-])c1. The van der Waals surface area contributed by atoms with E-state index in [4.69, 9.17) is 9.47 Å². The Morgan fingerprint density at radius 3 is 2.62 bits per heavy atom. The predicted molar refractivity (Wildman–Crippen MR) is 116 cm³/mol. The van der Waals surface area contributed by atoms with Gasteiger partial charge in [-0.3, -0.25) is 10.1 Å². The van der Waals surface area contributed by atoms with Crippen molar-refractivity contribution in [2.24, 2.45) is 5.92 Å². The minimum absolute atomic E-state index is 0.0230. The molecule has 1 amide bonds. The Kier molecular flexibility index (Phi) is 7.48. The van der Waals surface area contributed by atoms with Gasteiger partial charge in [0.05, 0.1) is 24.7 Å². The van der Waals surface area contributed by atoms with Gasteiger partial charge in [-0.1, -0.05) is 30.3 Å². The molecule has 2 aromatic carbocycles. The van der Waals surface area contributed by atoms with Gasteiger partial charge in [-0.15, -0.1) is 0 Å². The van der Waals surface area contributed by atoms with Gasteiger partial charge in [0, 0.05) is 25.7 Å². The molecule has 1 unspecified atom stereocenters. The van der Waals surface area contributed by atoms with Crippen LogP contribution in [-0.4, -0.2) is 55.7 Å². The van der Waals surface area contributed by atoms with E-state index in [0.717, 1.165) is 18.1 Å². The summed E-state index contributed by atoms with van der Waals surface area (Å²) >= 11 is 0. The average Bonchev–Trinajstić information content (AvgIpc) is 3.29. The van der Waals surface area contributed by atoms with Crippen molar-refractivity contribution >= 4 is 23.4 Å². The number of hydrogen-bond donors (Lipinski definition) is 1. The first kappa shape index (κ1) is 22.9. The van der Waals surface area contributed by atoms with E-state index in [1.165, 1.54) is 20.3 Å². The molecule has 0 radical (unpaired) electrons. The normalized spacial score (nSPS) is 15.2. The second kappa shape index (κ2) is 10.5. The lowest BCUT2D eigenvalue weighted by Crippen LogP contribution is -2.30. The number of benzene rings is 2. The van der Waals surface area contributed by atoms with E-state index in [-0.39, 0.29) is 41.3 Å². The number of likely N-dealkylation sites (tertiary alicyclic amines) is 1. The maximum Gasteiger partial charge on any atom is 0.410 e. The van der Waals surface area contributed by atoms with Gasteiger partial charge in [0.2, 0.25) is 0 Å². The topological polar surface area (TPSA) is 120 Å². The molecule has 10 nitrogen and oxygen atoms in total. The zero-order valence-corrected chi connectivity index (χ0v) is 17.9. The van der Waals surface area contributed by atoms with Crippen molar-refractivity contribution in [3.63, 3.8) is 0 Å². The molecular weight excluding hydrogens is 418 g/mol. The number of amides is 1. The van der Waals surface area contributed by atoms with Crippen LogP contribution >= 0.6 is 0 Å². The van der Waals surface area contributed by atoms with E-state index in [0.29, 0.717) is 19.6 Å². The molecule has 1 atom stereocenters. The molecule has 10 heteroatoms. The summed E-state index contributed by atoms with van der Waals surface area (Å²) < 4.78 is 15.3. The second-order valence-electron chi connectivity index (χ2n) is 7.34. The van der Waals surface area contributed by atoms with Crippen molar-refractivity contribution in [2.45, 2.75) is 13.0 Å². The predicted octanol–water partition coefficient (Wildman–Crippen LogP) is 3.46. The first-order valence-electron chi connectivity index (χ1n) is 10.1. The Labute approximate surface area is 185 Å². The van der Waals surface area contributed by atoms with Gasteiger partial charge in [-0.25, -0.2) is 9.59 Å². The molecular formula is C22H25N3O7. The van der Waals surface area contributed by atoms with E-state index in [9.17, 15) is 19.7 Å². The van der Waals surface area contributed by atoms with Crippen molar-refractivity contribution in [2.75, 3.05) is 39.2 Å². The first-order valence-corrected chi connectivity index (χ1v) is 10.1. The summed E-state index contributed by atoms with van der Waals surface area (Å²) in [5.74, 6) is -0.459. The third-order valence-electron chi connectivity index (χ3n) is 5.24. The smallest absolute Gasteiger partial charge is 0.410 e. The van der Waals surface area contributed by atoms with Crippen LogP contribution in [0.4, 0.5) is 16.2 Å². The molecule has 170 valence electrons. The summed E-state index contributed by atoms with van der Waals surface area (Å²) in [5, 5.41) is 14.6. The minimum Gasteiger partial charge on any atom is -0.494 e. The third-order valence-corrected chi connectivity index (χ3v) is 5.24. The number of anilines is 1. The molecule has 0 saturated carbocycles. The van der Waals surface area contributed by atoms with E-state index < -0.39 is 10.9 Å². The molecule has 0 spiro atoms. The van der Waals surface area contributed by atoms with Crippen LogP contribution in [0.3, 0.4) is 0 Å². The van der Waals surface area contributed by atoms with Gasteiger partial charge in [0.1, 0.15) is 12.4 Å². The maximum absolute atomic E-state index is 12.3. The highest BCUT2D eigenvalue weighted by Gasteiger charge is 2.29. The number of esters is 1. The second-order valence-corrected chi connectivity index (χ2v) is 7.34. The molecule has 1 aliphatic heterocycles. The molecule has 1 heterocycles. The minimum atomic E-state index is -0.696. The molecule has 0 bridgehead atoms. The molecule has 32 heavy (non-hydrogen) atoms. The quantitative estimate of drug-likeness (QED) is 0.374. The summed E-state index contributed by atoms with van der Waals surface area (Å²) in [4.78, 5) is 36.8. The molecule has 2 aromatic rings. The number of carbonyl (C=O) groups excluding carboxylic acids is 2. The lowest BCUT2D eigenvalue weighted by atomic mass is 10.1. The van der Waals surface area contributed by atoms with Crippen molar-refractivity contribution in [3.05, 3.63) is 63.7 Å². The van der Waals surface area contributed by atoms with Gasteiger partial charge in [0.25, 0.3) is 5.69 Å². The van der Waals surface area contributed by atoms with E-state index in [2.05, 4.69) is 10.1 Å². The fraction of sp³-hybridized carbons (Fsp3) is 0.364. The number of rotatable bonds is 8. The number of methoxy groups -OCH3 is 2. The molecule has 1 fully saturated rings. The van der Waals surface area contributed by atoms with Crippen LogP contribution in [0, 0.1) is 16.0 Å². The monoisotopic (exact) mass is 443 g/mol. The highest BCUT2D eigenvalue weighted by atomic mass is 16.6. The number of ether oxygens (including phenoxy) is 3. The Bertz CT molecular complexity index is 981. The summed E-state index contributed by atoms with van der Waals surface area (Å²) in [7, 11) is 2.56. The van der Waals surface area contributed by atoms with Crippen molar-refractivity contribution in [1.29, 1.82) is 0 Å². The number of nitrogens with one attached hydrogen (secondary N) is 1. The lowest BCUT2D eigenvalue weighted by molar-refractivity contribution is -0.384. The molecule has 1 saturated heterocycles. The summed E-state index contributed by atoms with van der Waals surface area (Å²) in [6.07, 6.45) is 0.339. The number of nitrogens with zero attached hydrogens (tertiary/aromatic N) is 2. The number of nitro benzene ring substituents is 1. The van der Waals surface area contributed by atoms with Gasteiger partial charge < -0.3 is 24.4 Å². The zero-order valence-electron chi connectivity index (χ0n) is 17.9. The molecule has 0 aromatic heterocycles. The van der Waals surface area contributed by atoms with E-state index >= 15 is 0 Å². The van der Waals surface area contributed by atoms with Crippen LogP contribution in [-0.2, 0) is 16.1 Å². The molecule has 1 N–H and O–H groups in total. The summed E-state index contributed by atoms with van der Waals surface area (Å²) in [6.45, 7) is 1.60. The van der Waals surface area contributed by atoms with E-state index in [1.54, 1.807) is 4.90 Å². The Morgan fingerprint density at radius 2 is 1.97 bits per heavy atom. The van der Waals surface area contributed by atoms with E-state index in [1.807, 2.05) is 30.3 Å². The van der Waals surface area contributed by atoms with Crippen LogP contribution < -0.4 is 10.1 Å². The van der Waals surface area contributed by atoms with Crippen molar-refractivity contribution < 1.29 is 28.7 Å². The molecule has 0 aliphatic carbocycles. The van der Waals surface area contributed by atoms with Crippen LogP contribution in [0.5, 0.6) is 5.75 Å². The van der Waals surface area contributed by atoms with Crippen LogP contribution in [0.2, 0.25) is 0 Å². The van der Waals surface area contributed by atoms with Crippen LogP contribution in [0.1, 0.15) is 22.3 Å². The van der Waals surface area contributed by atoms with Gasteiger partial charge in [-0.05, 0) is 24.0 Å². The van der Waals surface area contributed by atoms with Gasteiger partial charge in [-0.2, -0.15) is 0 Å². The van der Waals surface area contributed by atoms with Crippen molar-refractivity contribution in [1.82, 2.24) is 4.90 Å². The Balaban J connectivity index is 1.61. The Morgan fingerprint density at radius 1 is 1.22 bits per heavy atom. The third kappa shape index (κ3) is 5.45. The largest absolute Gasteiger partial charge is 0.494 e. The number of hydrogen-bond acceptors (Lipinski definition) is 8. The van der Waals surface area contributed by atoms with Crippen LogP contribution in [0.25, 0.3) is 0 Å². The number of nitro groups is 1. The van der Waals surface area contributed by atoms with Gasteiger partial charge in [0.15, 0.2) is 5.69 Å². The maximum atomic E-state index is 12.3. The molecule has 1 aliphatic rings. The first-order chi connectivity index (χ1) is 15.4. The summed E-state index contributed by atoms with van der Waals surface area (Å²) in [6, 6.07) is 12.0. The van der Waals surface area contributed by atoms with Crippen molar-refractivity contribution in [3.8, 4) is 5.75 Å².